The van der Waals surface area contributed by atoms with E-state index in [1.165, 1.54) is 34.2 Å². The molecule has 3 heterocycles. The Balaban J connectivity index is 1.80. The van der Waals surface area contributed by atoms with E-state index in [4.69, 9.17) is 5.11 Å². The average Bonchev–Trinajstić information content (AvgIpc) is 3.30. The first kappa shape index (κ1) is 29.0. The maximum atomic E-state index is 13.0. The second-order valence-electron chi connectivity index (χ2n) is 7.19. The van der Waals surface area contributed by atoms with Gasteiger partial charge >= 0.3 is 24.0 Å². The number of alkyl halides is 3. The summed E-state index contributed by atoms with van der Waals surface area (Å²) in [4.78, 5) is 68.8. The molecule has 0 radical (unpaired) electrons. The zero-order valence-electron chi connectivity index (χ0n) is 18.7. The number of thioether (sulfide) groups is 2. The van der Waals surface area contributed by atoms with Crippen LogP contribution in [0.1, 0.15) is 5.69 Å². The number of aromatic nitrogens is 1. The number of rotatable bonds is 11. The molecule has 1 saturated heterocycles. The van der Waals surface area contributed by atoms with Gasteiger partial charge in [-0.2, -0.15) is 13.2 Å². The third-order valence-corrected chi connectivity index (χ3v) is 7.54. The van der Waals surface area contributed by atoms with E-state index in [2.05, 4.69) is 26.9 Å². The van der Waals surface area contributed by atoms with Crippen molar-refractivity contribution < 1.29 is 52.2 Å². The van der Waals surface area contributed by atoms with E-state index in [-0.39, 0.29) is 17.1 Å². The Labute approximate surface area is 223 Å². The third-order valence-electron chi connectivity index (χ3n) is 4.70. The normalized spacial score (nSPS) is 19.3. The standard InChI is InChI=1S/C19H16F3N5O8S3/c1-2-36-4-7-5-37-15-11(14(31)27(15)12(7)16(32)33)24-13(30)10(26-35-3-9(28)29)8-6-38-18(23-8)25-17(34)19(20,21)22/h2,6,11,15H,1,3-5H2,(H,24,30)(H,28,29)(H,32,33)(H,23,25,34)/t11?,15-/m1/s1. The Hall–Kier alpha value is -3.58. The number of amides is 3. The molecule has 2 aliphatic heterocycles. The second kappa shape index (κ2) is 11.9. The summed E-state index contributed by atoms with van der Waals surface area (Å²) in [6.45, 7) is 2.57. The van der Waals surface area contributed by atoms with E-state index >= 15 is 0 Å². The van der Waals surface area contributed by atoms with Crippen molar-refractivity contribution in [1.29, 1.82) is 0 Å². The van der Waals surface area contributed by atoms with Crippen molar-refractivity contribution in [2.45, 2.75) is 17.6 Å². The molecule has 204 valence electrons. The molecule has 0 spiro atoms. The van der Waals surface area contributed by atoms with Gasteiger partial charge in [-0.05, 0) is 11.0 Å². The van der Waals surface area contributed by atoms with Crippen molar-refractivity contribution in [2.75, 3.05) is 23.4 Å². The smallest absolute Gasteiger partial charge is 0.471 e. The molecule has 1 unspecified atom stereocenters. The van der Waals surface area contributed by atoms with Gasteiger partial charge in [-0.15, -0.1) is 34.9 Å². The molecule has 3 rings (SSSR count). The van der Waals surface area contributed by atoms with Crippen LogP contribution in [0.5, 0.6) is 0 Å². The van der Waals surface area contributed by atoms with Gasteiger partial charge in [0.25, 0.3) is 11.8 Å². The lowest BCUT2D eigenvalue weighted by Gasteiger charge is -2.49. The van der Waals surface area contributed by atoms with Gasteiger partial charge in [-0.1, -0.05) is 11.7 Å². The van der Waals surface area contributed by atoms with Gasteiger partial charge in [-0.3, -0.25) is 24.6 Å². The molecule has 1 fully saturated rings. The van der Waals surface area contributed by atoms with Crippen molar-refractivity contribution in [3.8, 4) is 0 Å². The Bertz CT molecular complexity index is 1250. The zero-order chi connectivity index (χ0) is 28.2. The molecule has 0 aliphatic carbocycles. The lowest BCUT2D eigenvalue weighted by molar-refractivity contribution is -0.167. The number of hydrogen-bond donors (Lipinski definition) is 4. The maximum absolute atomic E-state index is 13.0. The van der Waals surface area contributed by atoms with Crippen LogP contribution in [0.4, 0.5) is 18.3 Å². The molecule has 13 nitrogen and oxygen atoms in total. The predicted molar refractivity (Wildman–Crippen MR) is 129 cm³/mol. The summed E-state index contributed by atoms with van der Waals surface area (Å²) in [5.74, 6) is -6.40. The van der Waals surface area contributed by atoms with Crippen molar-refractivity contribution in [2.24, 2.45) is 5.16 Å². The molecule has 0 saturated carbocycles. The number of anilines is 1. The second-order valence-corrected chi connectivity index (χ2v) is 10.1. The highest BCUT2D eigenvalue weighted by Crippen LogP contribution is 2.41. The van der Waals surface area contributed by atoms with E-state index in [1.54, 1.807) is 0 Å². The number of oxime groups is 1. The molecule has 38 heavy (non-hydrogen) atoms. The van der Waals surface area contributed by atoms with Crippen LogP contribution in [0.15, 0.2) is 33.8 Å². The van der Waals surface area contributed by atoms with Gasteiger partial charge in [0.05, 0.1) is 0 Å². The highest BCUT2D eigenvalue weighted by Gasteiger charge is 2.54. The fourth-order valence-electron chi connectivity index (χ4n) is 3.13. The van der Waals surface area contributed by atoms with Gasteiger partial charge in [-0.25, -0.2) is 14.6 Å². The van der Waals surface area contributed by atoms with E-state index in [9.17, 15) is 42.3 Å². The number of carboxylic acid groups (broad SMARTS) is 2. The van der Waals surface area contributed by atoms with E-state index in [0.717, 1.165) is 10.3 Å². The number of thiazole rings is 1. The number of nitrogens with one attached hydrogen (secondary N) is 2. The number of β-lactam (4-membered cyclic amide) rings is 1. The van der Waals surface area contributed by atoms with Gasteiger partial charge in [0, 0.05) is 16.9 Å². The topological polar surface area (TPSA) is 188 Å². The fraction of sp³-hybridized carbons (Fsp3) is 0.316. The van der Waals surface area contributed by atoms with Gasteiger partial charge in [0.15, 0.2) is 10.8 Å². The summed E-state index contributed by atoms with van der Waals surface area (Å²) in [5.41, 5.74) is -0.798. The monoisotopic (exact) mass is 595 g/mol. The summed E-state index contributed by atoms with van der Waals surface area (Å²) >= 11 is 2.96. The minimum atomic E-state index is -5.20. The lowest BCUT2D eigenvalue weighted by atomic mass is 10.0. The highest BCUT2D eigenvalue weighted by molar-refractivity contribution is 8.02. The van der Waals surface area contributed by atoms with Crippen LogP contribution in [-0.4, -0.2) is 91.2 Å². The van der Waals surface area contributed by atoms with Crippen LogP contribution in [-0.2, 0) is 28.8 Å². The molecule has 19 heteroatoms. The molecule has 2 atom stereocenters. The van der Waals surface area contributed by atoms with E-state index in [1.807, 2.05) is 0 Å². The minimum absolute atomic E-state index is 0.207. The van der Waals surface area contributed by atoms with E-state index in [0.29, 0.717) is 22.7 Å². The van der Waals surface area contributed by atoms with Crippen LogP contribution in [0.2, 0.25) is 0 Å². The Morgan fingerprint density at radius 2 is 2.05 bits per heavy atom. The Kier molecular flexibility index (Phi) is 9.05. The first-order valence-corrected chi connectivity index (χ1v) is 13.0. The third kappa shape index (κ3) is 6.45. The first-order chi connectivity index (χ1) is 17.8. The number of carbonyl (C=O) groups is 5. The van der Waals surface area contributed by atoms with Crippen molar-refractivity contribution in [1.82, 2.24) is 15.2 Å². The van der Waals surface area contributed by atoms with Gasteiger partial charge in [0.1, 0.15) is 22.8 Å². The van der Waals surface area contributed by atoms with Crippen LogP contribution in [0.3, 0.4) is 0 Å². The molecule has 1 aromatic rings. The molecule has 1 aromatic heterocycles. The van der Waals surface area contributed by atoms with Gasteiger partial charge < -0.3 is 20.4 Å². The quantitative estimate of drug-likeness (QED) is 0.163. The highest BCUT2D eigenvalue weighted by atomic mass is 32.2. The molecular formula is C19H16F3N5O8S3. The summed E-state index contributed by atoms with van der Waals surface area (Å²) in [5, 5.41) is 26.9. The molecule has 4 N–H and O–H groups in total. The van der Waals surface area contributed by atoms with E-state index < -0.39 is 64.7 Å². The maximum Gasteiger partial charge on any atom is 0.471 e. The average molecular weight is 596 g/mol. The molecule has 0 bridgehead atoms. The number of hydrogen-bond acceptors (Lipinski definition) is 11. The van der Waals surface area contributed by atoms with Crippen LogP contribution >= 0.6 is 34.9 Å². The Morgan fingerprint density at radius 3 is 2.66 bits per heavy atom. The molecule has 0 aromatic carbocycles. The van der Waals surface area contributed by atoms with Crippen LogP contribution < -0.4 is 10.6 Å². The van der Waals surface area contributed by atoms with Crippen molar-refractivity contribution >= 4 is 75.4 Å². The lowest BCUT2D eigenvalue weighted by Crippen LogP contribution is -2.71. The zero-order valence-corrected chi connectivity index (χ0v) is 21.1. The number of carboxylic acids is 2. The van der Waals surface area contributed by atoms with Crippen LogP contribution in [0.25, 0.3) is 0 Å². The van der Waals surface area contributed by atoms with Crippen molar-refractivity contribution in [3.63, 3.8) is 0 Å². The number of carbonyl (C=O) groups excluding carboxylic acids is 3. The minimum Gasteiger partial charge on any atom is -0.479 e. The first-order valence-electron chi connectivity index (χ1n) is 10.0. The molecular weight excluding hydrogens is 579 g/mol. The number of aliphatic carboxylic acids is 2. The predicted octanol–water partition coefficient (Wildman–Crippen LogP) is 1.06. The fourth-order valence-corrected chi connectivity index (χ4v) is 5.85. The van der Waals surface area contributed by atoms with Crippen LogP contribution in [0, 0.1) is 0 Å². The van der Waals surface area contributed by atoms with Gasteiger partial charge in [0.2, 0.25) is 6.61 Å². The number of nitrogens with zero attached hydrogens (tertiary/aromatic N) is 3. The summed E-state index contributed by atoms with van der Waals surface area (Å²) in [6.07, 6.45) is -5.20. The summed E-state index contributed by atoms with van der Waals surface area (Å²) in [6, 6.07) is -1.21. The largest absolute Gasteiger partial charge is 0.479 e. The number of fused-ring (bicyclic) bond motifs is 1. The SMILES string of the molecule is C=CSCC1=C(C(=O)O)N2C(=O)C(NC(=O)C(=NOCC(=O)O)c3csc(NC(=O)C(F)(F)F)n3)[C@H]2SC1. The Morgan fingerprint density at radius 1 is 1.34 bits per heavy atom. The number of halogens is 3. The summed E-state index contributed by atoms with van der Waals surface area (Å²) < 4.78 is 37.5. The molecule has 3 amide bonds. The summed E-state index contributed by atoms with van der Waals surface area (Å²) in [7, 11) is 0. The molecule has 2 aliphatic rings. The van der Waals surface area contributed by atoms with Crippen molar-refractivity contribution in [3.05, 3.63) is 34.3 Å².